The van der Waals surface area contributed by atoms with E-state index in [0.29, 0.717) is 0 Å². The third kappa shape index (κ3) is 402. The van der Waals surface area contributed by atoms with Crippen LogP contribution in [0.15, 0.2) is 0 Å². The van der Waals surface area contributed by atoms with Crippen LogP contribution in [0.5, 0.6) is 0 Å². The number of halogens is 1. The fraction of sp³-hybridized carbons (Fsp3) is 0.500. The van der Waals surface area contributed by atoms with Gasteiger partial charge in [0.15, 0.2) is 0 Å². The normalized spacial score (nSPS) is 7.56. The largest absolute Gasteiger partial charge is 1.00 e. The zero-order chi connectivity index (χ0) is 7.21. The van der Waals surface area contributed by atoms with Crippen molar-refractivity contribution >= 4 is 0 Å². The Morgan fingerprint density at radius 3 is 1.22 bits per heavy atom. The first-order valence-corrected chi connectivity index (χ1v) is 4.86. The molecule has 0 amide bonds. The summed E-state index contributed by atoms with van der Waals surface area (Å²) < 4.78 is 34.5. The first kappa shape index (κ1) is 16.6. The topological polar surface area (TPSA) is 116 Å². The van der Waals surface area contributed by atoms with E-state index < -0.39 is 20.1 Å². The number of hydrogen-bond acceptors (Lipinski definition) is 5. The fourth-order valence-corrected chi connectivity index (χ4v) is 0. The summed E-state index contributed by atoms with van der Waals surface area (Å²) in [5, 5.41) is 7.32. The van der Waals surface area contributed by atoms with Gasteiger partial charge in [-0.05, 0) is 0 Å². The van der Waals surface area contributed by atoms with E-state index in [1.165, 1.54) is 6.92 Å². The van der Waals surface area contributed by atoms with E-state index in [2.05, 4.69) is 0 Å². The van der Waals surface area contributed by atoms with E-state index in [0.717, 1.165) is 0 Å². The minimum Gasteiger partial charge on any atom is -0.286 e. The van der Waals surface area contributed by atoms with Crippen molar-refractivity contribution < 1.29 is 63.4 Å². The van der Waals surface area contributed by atoms with E-state index in [1.807, 2.05) is 0 Å². The molecule has 0 aromatic carbocycles. The van der Waals surface area contributed by atoms with Gasteiger partial charge in [0.05, 0.1) is 6.07 Å². The van der Waals surface area contributed by atoms with Crippen LogP contribution in [0.3, 0.4) is 0 Å². The molecule has 0 aliphatic heterocycles. The second kappa shape index (κ2) is 9.06. The first-order chi connectivity index (χ1) is 3.41. The second-order valence-electron chi connectivity index (χ2n) is 0.602. The van der Waals surface area contributed by atoms with E-state index >= 15 is 0 Å². The number of hydrogen-bond donors (Lipinski definition) is 0. The van der Waals surface area contributed by atoms with Crippen molar-refractivity contribution in [2.45, 2.75) is 6.92 Å². The van der Waals surface area contributed by atoms with Gasteiger partial charge in [0.1, 0.15) is 20.1 Å². The Morgan fingerprint density at radius 1 is 1.22 bits per heavy atom. The molecular weight excluding hydrogens is 252 g/mol. The summed E-state index contributed by atoms with van der Waals surface area (Å²) in [5.41, 5.74) is 0. The van der Waals surface area contributed by atoms with Crippen molar-refractivity contribution in [3.05, 3.63) is 0 Å². The third-order valence-corrected chi connectivity index (χ3v) is 0. The van der Waals surface area contributed by atoms with Crippen molar-refractivity contribution in [1.82, 2.24) is 0 Å². The van der Waals surface area contributed by atoms with Gasteiger partial charge >= 0.3 is 29.6 Å². The smallest absolute Gasteiger partial charge is 0.286 e. The average Bonchev–Trinajstić information content (AvgIpc) is 1.27. The summed E-state index contributed by atoms with van der Waals surface area (Å²) in [7, 11) is 0. The van der Waals surface area contributed by atoms with Gasteiger partial charge in [-0.25, -0.2) is 0 Å². The Bertz CT molecular complexity index is 79.5. The van der Waals surface area contributed by atoms with Gasteiger partial charge in [-0.15, -0.1) is 0 Å². The molecule has 0 heterocycles. The van der Waals surface area contributed by atoms with Crippen LogP contribution in [0.2, 0.25) is 0 Å². The van der Waals surface area contributed by atoms with Gasteiger partial charge in [0.25, 0.3) is 0 Å². The molecule has 0 rings (SSSR count). The van der Waals surface area contributed by atoms with Gasteiger partial charge in [-0.3, -0.25) is 13.7 Å². The molecule has 0 aliphatic rings. The molecule has 0 radical (unpaired) electrons. The van der Waals surface area contributed by atoms with Gasteiger partial charge in [0.2, 0.25) is 0 Å². The van der Waals surface area contributed by atoms with Crippen LogP contribution in [0.4, 0.5) is 0 Å². The molecule has 0 bridgehead atoms. The maximum atomic E-state index is 8.62. The van der Waals surface area contributed by atoms with Crippen LogP contribution in [0.1, 0.15) is 6.92 Å². The zero-order valence-corrected chi connectivity index (χ0v) is 9.12. The molecule has 0 saturated carbocycles. The molecule has 0 N–H and O–H groups in total. The number of nitriles is 1. The Morgan fingerprint density at radius 2 is 1.22 bits per heavy atom. The van der Waals surface area contributed by atoms with Crippen LogP contribution in [-0.4, -0.2) is 0 Å². The summed E-state index contributed by atoms with van der Waals surface area (Å²) >= 11 is -5.94. The average molecular weight is 255 g/mol. The molecule has 9 heavy (non-hydrogen) atoms. The molecule has 0 unspecified atom stereocenters. The quantitative estimate of drug-likeness (QED) is 0.314. The fourth-order valence-electron chi connectivity index (χ4n) is 0. The van der Waals surface area contributed by atoms with Crippen molar-refractivity contribution in [2.75, 3.05) is 0 Å². The molecule has 48 valence electrons. The molecule has 0 saturated heterocycles. The molecule has 7 heteroatoms. The van der Waals surface area contributed by atoms with Crippen LogP contribution >= 0.6 is 0 Å². The molecule has 0 aromatic heterocycles. The monoisotopic (exact) mass is 255 g/mol. The Kier molecular flexibility index (Phi) is 16.7. The van der Waals surface area contributed by atoms with E-state index in [9.17, 15) is 0 Å². The van der Waals surface area contributed by atoms with Gasteiger partial charge < -0.3 is 0 Å². The van der Waals surface area contributed by atoms with E-state index in [-0.39, 0.29) is 29.6 Å². The van der Waals surface area contributed by atoms with Crippen LogP contribution in [-0.2, 0) is 0 Å². The minimum absolute atomic E-state index is 0. The summed E-state index contributed by atoms with van der Waals surface area (Å²) in [6.07, 6.45) is 0. The zero-order valence-electron chi connectivity index (χ0n) is 4.96. The Hall–Kier alpha value is 1.06. The molecule has 0 aliphatic carbocycles. The predicted molar refractivity (Wildman–Crippen MR) is 11.3 cm³/mol. The minimum atomic E-state index is -5.94. The van der Waals surface area contributed by atoms with Crippen LogP contribution < -0.4 is 63.4 Å². The first-order valence-electron chi connectivity index (χ1n) is 1.34. The van der Waals surface area contributed by atoms with Gasteiger partial charge in [0, 0.05) is 6.92 Å². The molecule has 0 aromatic rings. The Balaban J connectivity index is -0.0000000800. The van der Waals surface area contributed by atoms with E-state index in [1.54, 1.807) is 6.07 Å². The standard InChI is InChI=1S/C2H3N.IO4.Na/c1-2-3;2-1(3,4)5;/h1H3;;/q;-1;+1. The maximum absolute atomic E-state index is 8.62. The van der Waals surface area contributed by atoms with Crippen molar-refractivity contribution in [3.8, 4) is 6.07 Å². The number of nitrogens with zero attached hydrogens (tertiary/aromatic N) is 1. The SMILES string of the molecule is CC#N.[Na+].[O-][I+3]([O-])([O-])[O-]. The number of rotatable bonds is 0. The summed E-state index contributed by atoms with van der Waals surface area (Å²) in [4.78, 5) is 0. The van der Waals surface area contributed by atoms with Crippen LogP contribution in [0, 0.1) is 11.3 Å². The van der Waals surface area contributed by atoms with Crippen LogP contribution in [0.25, 0.3) is 0 Å². The summed E-state index contributed by atoms with van der Waals surface area (Å²) in [6.45, 7) is 1.43. The summed E-state index contributed by atoms with van der Waals surface area (Å²) in [5.74, 6) is 0. The molecule has 0 fully saturated rings. The van der Waals surface area contributed by atoms with Crippen molar-refractivity contribution in [2.24, 2.45) is 0 Å². The maximum Gasteiger partial charge on any atom is 1.00 e. The molecular formula is C2H3INNaO4. The second-order valence-corrected chi connectivity index (χ2v) is 2.76. The third-order valence-electron chi connectivity index (χ3n) is 0. The molecule has 5 nitrogen and oxygen atoms in total. The Labute approximate surface area is 80.9 Å². The molecule has 0 spiro atoms. The van der Waals surface area contributed by atoms with Crippen molar-refractivity contribution in [1.29, 1.82) is 5.26 Å². The predicted octanol–water partition coefficient (Wildman–Crippen LogP) is -10.2. The summed E-state index contributed by atoms with van der Waals surface area (Å²) in [6, 6.07) is 1.75. The van der Waals surface area contributed by atoms with Crippen molar-refractivity contribution in [3.63, 3.8) is 0 Å². The molecule has 0 atom stereocenters. The van der Waals surface area contributed by atoms with Gasteiger partial charge in [-0.2, -0.15) is 5.26 Å². The van der Waals surface area contributed by atoms with E-state index in [4.69, 9.17) is 19.0 Å². The van der Waals surface area contributed by atoms with Gasteiger partial charge in [-0.1, -0.05) is 0 Å².